The summed E-state index contributed by atoms with van der Waals surface area (Å²) in [7, 11) is 0. The molecule has 0 saturated heterocycles. The van der Waals surface area contributed by atoms with E-state index in [2.05, 4.69) is 5.32 Å². The van der Waals surface area contributed by atoms with Crippen LogP contribution in [0, 0.1) is 0 Å². The van der Waals surface area contributed by atoms with Crippen LogP contribution >= 0.6 is 11.6 Å². The number of carbonyl (C=O) groups is 1. The lowest BCUT2D eigenvalue weighted by Gasteiger charge is -2.30. The number of carbonyl (C=O) groups excluding carboxylic acids is 1. The van der Waals surface area contributed by atoms with Gasteiger partial charge in [-0.05, 0) is 42.0 Å². The molecule has 0 radical (unpaired) electrons. The highest BCUT2D eigenvalue weighted by molar-refractivity contribution is 6.31. The zero-order chi connectivity index (χ0) is 17.2. The van der Waals surface area contributed by atoms with E-state index in [0.717, 1.165) is 34.6 Å². The molecule has 0 heterocycles. The molecule has 2 atom stereocenters. The summed E-state index contributed by atoms with van der Waals surface area (Å²) < 4.78 is 0. The van der Waals surface area contributed by atoms with E-state index in [4.69, 9.17) is 11.6 Å². The van der Waals surface area contributed by atoms with Gasteiger partial charge in [-0.3, -0.25) is 4.79 Å². The van der Waals surface area contributed by atoms with Crippen molar-refractivity contribution in [3.63, 3.8) is 0 Å². The SMILES string of the molecule is CC[C@@]1(C(=O)N[C@H](CO)c2ccccc2)CCc2c(Cl)cccc21. The van der Waals surface area contributed by atoms with E-state index in [0.29, 0.717) is 6.42 Å². The van der Waals surface area contributed by atoms with E-state index >= 15 is 0 Å². The molecular weight excluding hydrogens is 322 g/mol. The van der Waals surface area contributed by atoms with Crippen LogP contribution in [0.2, 0.25) is 5.02 Å². The second-order valence-corrected chi connectivity index (χ2v) is 6.73. The molecule has 0 aromatic heterocycles. The molecular formula is C20H22ClNO2. The van der Waals surface area contributed by atoms with Crippen LogP contribution in [-0.4, -0.2) is 17.6 Å². The van der Waals surface area contributed by atoms with E-state index in [1.165, 1.54) is 0 Å². The zero-order valence-electron chi connectivity index (χ0n) is 13.8. The Kier molecular flexibility index (Phi) is 4.93. The molecule has 1 aliphatic rings. The van der Waals surface area contributed by atoms with Gasteiger partial charge in [0.25, 0.3) is 0 Å². The molecule has 1 amide bonds. The molecule has 0 fully saturated rings. The number of hydrogen-bond acceptors (Lipinski definition) is 2. The van der Waals surface area contributed by atoms with E-state index in [1.807, 2.05) is 55.5 Å². The minimum atomic E-state index is -0.567. The Morgan fingerprint density at radius 3 is 2.67 bits per heavy atom. The van der Waals surface area contributed by atoms with Gasteiger partial charge in [-0.1, -0.05) is 61.0 Å². The topological polar surface area (TPSA) is 49.3 Å². The first kappa shape index (κ1) is 17.0. The number of rotatable bonds is 5. The minimum Gasteiger partial charge on any atom is -0.394 e. The fourth-order valence-electron chi connectivity index (χ4n) is 3.71. The van der Waals surface area contributed by atoms with Gasteiger partial charge >= 0.3 is 0 Å². The molecule has 2 aromatic carbocycles. The van der Waals surface area contributed by atoms with Crippen molar-refractivity contribution in [2.45, 2.75) is 37.6 Å². The summed E-state index contributed by atoms with van der Waals surface area (Å²) in [6.45, 7) is 1.91. The predicted molar refractivity (Wildman–Crippen MR) is 96.2 cm³/mol. The van der Waals surface area contributed by atoms with Crippen molar-refractivity contribution in [1.29, 1.82) is 0 Å². The first-order valence-electron chi connectivity index (χ1n) is 8.37. The molecule has 3 rings (SSSR count). The summed E-state index contributed by atoms with van der Waals surface area (Å²) in [6, 6.07) is 15.0. The zero-order valence-corrected chi connectivity index (χ0v) is 14.5. The maximum atomic E-state index is 13.1. The van der Waals surface area contributed by atoms with Gasteiger partial charge in [-0.2, -0.15) is 0 Å². The Bertz CT molecular complexity index is 732. The lowest BCUT2D eigenvalue weighted by atomic mass is 9.78. The van der Waals surface area contributed by atoms with Gasteiger partial charge in [-0.15, -0.1) is 0 Å². The predicted octanol–water partition coefficient (Wildman–Crippen LogP) is 3.78. The molecule has 2 aromatic rings. The van der Waals surface area contributed by atoms with Crippen molar-refractivity contribution in [2.75, 3.05) is 6.61 Å². The Balaban J connectivity index is 1.90. The second-order valence-electron chi connectivity index (χ2n) is 6.32. The highest BCUT2D eigenvalue weighted by Crippen LogP contribution is 2.44. The monoisotopic (exact) mass is 343 g/mol. The number of halogens is 1. The van der Waals surface area contributed by atoms with Crippen molar-refractivity contribution < 1.29 is 9.90 Å². The summed E-state index contributed by atoms with van der Waals surface area (Å²) in [5.41, 5.74) is 2.45. The van der Waals surface area contributed by atoms with Crippen LogP contribution in [0.15, 0.2) is 48.5 Å². The van der Waals surface area contributed by atoms with Gasteiger partial charge in [0.2, 0.25) is 5.91 Å². The van der Waals surface area contributed by atoms with Crippen LogP contribution in [0.1, 0.15) is 42.5 Å². The number of nitrogens with one attached hydrogen (secondary N) is 1. The van der Waals surface area contributed by atoms with Crippen molar-refractivity contribution >= 4 is 17.5 Å². The third-order valence-electron chi connectivity index (χ3n) is 5.16. The molecule has 0 unspecified atom stereocenters. The highest BCUT2D eigenvalue weighted by atomic mass is 35.5. The first-order chi connectivity index (χ1) is 11.6. The number of amides is 1. The maximum Gasteiger partial charge on any atom is 0.231 e. The number of benzene rings is 2. The van der Waals surface area contributed by atoms with Gasteiger partial charge in [0.1, 0.15) is 0 Å². The van der Waals surface area contributed by atoms with Crippen LogP contribution in [0.25, 0.3) is 0 Å². The van der Waals surface area contributed by atoms with Gasteiger partial charge in [-0.25, -0.2) is 0 Å². The Morgan fingerprint density at radius 1 is 1.25 bits per heavy atom. The molecule has 3 nitrogen and oxygen atoms in total. The summed E-state index contributed by atoms with van der Waals surface area (Å²) in [6.07, 6.45) is 2.27. The number of hydrogen-bond donors (Lipinski definition) is 2. The Labute approximate surface area is 147 Å². The van der Waals surface area contributed by atoms with Crippen LogP contribution in [0.5, 0.6) is 0 Å². The quantitative estimate of drug-likeness (QED) is 0.867. The normalized spacial score (nSPS) is 20.5. The summed E-state index contributed by atoms with van der Waals surface area (Å²) in [4.78, 5) is 13.1. The van der Waals surface area contributed by atoms with Crippen molar-refractivity contribution in [3.8, 4) is 0 Å². The Hall–Kier alpha value is -1.84. The smallest absolute Gasteiger partial charge is 0.231 e. The molecule has 4 heteroatoms. The van der Waals surface area contributed by atoms with Crippen molar-refractivity contribution in [2.24, 2.45) is 0 Å². The summed E-state index contributed by atoms with van der Waals surface area (Å²) >= 11 is 6.32. The standard InChI is InChI=1S/C20H22ClNO2/c1-2-20(12-11-15-16(20)9-6-10-17(15)21)19(24)22-18(13-23)14-7-4-3-5-8-14/h3-10,18,23H,2,11-13H2,1H3,(H,22,24)/t18-,20-/m1/s1. The fourth-order valence-corrected chi connectivity index (χ4v) is 3.98. The molecule has 1 aliphatic carbocycles. The minimum absolute atomic E-state index is 0.0334. The fraction of sp³-hybridized carbons (Fsp3) is 0.350. The molecule has 126 valence electrons. The molecule has 0 aliphatic heterocycles. The Morgan fingerprint density at radius 2 is 2.00 bits per heavy atom. The molecule has 2 N–H and O–H groups in total. The number of fused-ring (bicyclic) bond motifs is 1. The average Bonchev–Trinajstić information content (AvgIpc) is 3.01. The largest absolute Gasteiger partial charge is 0.394 e. The van der Waals surface area contributed by atoms with Gasteiger partial charge in [0.05, 0.1) is 18.1 Å². The highest BCUT2D eigenvalue weighted by Gasteiger charge is 2.44. The van der Waals surface area contributed by atoms with Gasteiger partial charge in [0, 0.05) is 5.02 Å². The van der Waals surface area contributed by atoms with Crippen LogP contribution in [-0.2, 0) is 16.6 Å². The van der Waals surface area contributed by atoms with E-state index in [9.17, 15) is 9.90 Å². The average molecular weight is 344 g/mol. The van der Waals surface area contributed by atoms with Gasteiger partial charge in [0.15, 0.2) is 0 Å². The first-order valence-corrected chi connectivity index (χ1v) is 8.75. The van der Waals surface area contributed by atoms with E-state index < -0.39 is 11.5 Å². The van der Waals surface area contributed by atoms with Gasteiger partial charge < -0.3 is 10.4 Å². The molecule has 0 saturated carbocycles. The summed E-state index contributed by atoms with van der Waals surface area (Å²) in [5, 5.41) is 13.5. The maximum absolute atomic E-state index is 13.1. The lowest BCUT2D eigenvalue weighted by molar-refractivity contribution is -0.128. The number of aliphatic hydroxyl groups is 1. The van der Waals surface area contributed by atoms with E-state index in [1.54, 1.807) is 0 Å². The third kappa shape index (κ3) is 2.83. The molecule has 0 bridgehead atoms. The van der Waals surface area contributed by atoms with Crippen LogP contribution in [0.3, 0.4) is 0 Å². The lowest BCUT2D eigenvalue weighted by Crippen LogP contribution is -2.45. The second kappa shape index (κ2) is 6.96. The van der Waals surface area contributed by atoms with Crippen molar-refractivity contribution in [1.82, 2.24) is 5.32 Å². The van der Waals surface area contributed by atoms with Crippen molar-refractivity contribution in [3.05, 3.63) is 70.2 Å². The van der Waals surface area contributed by atoms with Crippen LogP contribution < -0.4 is 5.32 Å². The van der Waals surface area contributed by atoms with E-state index in [-0.39, 0.29) is 12.5 Å². The molecule has 24 heavy (non-hydrogen) atoms. The third-order valence-corrected chi connectivity index (χ3v) is 5.52. The summed E-state index contributed by atoms with van der Waals surface area (Å²) in [5.74, 6) is -0.0334. The molecule has 0 spiro atoms. The van der Waals surface area contributed by atoms with Crippen LogP contribution in [0.4, 0.5) is 0 Å². The number of aliphatic hydroxyl groups excluding tert-OH is 1.